The Bertz CT molecular complexity index is 2300. The average molecular weight is 1150 g/mol. The van der Waals surface area contributed by atoms with Gasteiger partial charge in [0.25, 0.3) is 5.91 Å². The second-order valence-electron chi connectivity index (χ2n) is 19.2. The highest BCUT2D eigenvalue weighted by Crippen LogP contribution is 2.35. The maximum Gasteiger partial charge on any atom is 0.399 e. The van der Waals surface area contributed by atoms with Crippen LogP contribution in [0.4, 0.5) is 0 Å². The van der Waals surface area contributed by atoms with Crippen molar-refractivity contribution in [2.45, 2.75) is 195 Å². The maximum atomic E-state index is 13.8. The summed E-state index contributed by atoms with van der Waals surface area (Å²) in [5.41, 5.74) is 0.0492. The van der Waals surface area contributed by atoms with Crippen LogP contribution in [0.2, 0.25) is 0 Å². The summed E-state index contributed by atoms with van der Waals surface area (Å²) in [6.45, 7) is 1.73. The van der Waals surface area contributed by atoms with Gasteiger partial charge >= 0.3 is 10.4 Å². The van der Waals surface area contributed by atoms with E-state index < -0.39 is 183 Å². The molecule has 448 valence electrons. The third-order valence-electron chi connectivity index (χ3n) is 13.2. The first-order valence-corrected chi connectivity index (χ1v) is 27.2. The number of aliphatic hydroxyl groups excluding tert-OH is 9. The fourth-order valence-corrected chi connectivity index (χ4v) is 9.65. The number of carbonyl (C=O) groups excluding carboxylic acids is 4. The summed E-state index contributed by atoms with van der Waals surface area (Å²) in [4.78, 5) is 51.2. The van der Waals surface area contributed by atoms with Gasteiger partial charge in [-0.2, -0.15) is 8.42 Å². The first-order chi connectivity index (χ1) is 37.6. The van der Waals surface area contributed by atoms with Gasteiger partial charge in [-0.3, -0.25) is 23.4 Å². The van der Waals surface area contributed by atoms with Crippen molar-refractivity contribution in [3.8, 4) is 17.6 Å². The quantitative estimate of drug-likeness (QED) is 0.0306. The summed E-state index contributed by atoms with van der Waals surface area (Å²) in [5, 5.41) is 110. The predicted octanol–water partition coefficient (Wildman–Crippen LogP) is -4.83. The molecule has 0 spiro atoms. The maximum absolute atomic E-state index is 13.8. The molecule has 1 aromatic rings. The number of rotatable bonds is 26. The zero-order chi connectivity index (χ0) is 58.1. The van der Waals surface area contributed by atoms with Crippen LogP contribution in [0, 0.1) is 11.8 Å². The van der Waals surface area contributed by atoms with Crippen molar-refractivity contribution in [1.82, 2.24) is 21.3 Å². The highest BCUT2D eigenvalue weighted by molar-refractivity contribution is 7.81. The lowest BCUT2D eigenvalue weighted by Crippen LogP contribution is -2.71. The molecule has 4 aliphatic rings. The Kier molecular flexibility index (Phi) is 25.9. The molecule has 4 fully saturated rings. The summed E-state index contributed by atoms with van der Waals surface area (Å²) in [6, 6.07) is -0.658. The molecule has 13 N–H and O–H groups in total. The number of amides is 4. The Morgan fingerprint density at radius 1 is 0.595 bits per heavy atom. The first kappa shape index (κ1) is 65.5. The predicted molar refractivity (Wildman–Crippen MR) is 266 cm³/mol. The van der Waals surface area contributed by atoms with E-state index >= 15 is 0 Å². The number of benzene rings is 1. The van der Waals surface area contributed by atoms with E-state index in [1.807, 2.05) is 0 Å². The van der Waals surface area contributed by atoms with Gasteiger partial charge in [0, 0.05) is 39.2 Å². The van der Waals surface area contributed by atoms with Gasteiger partial charge in [-0.25, -0.2) is 4.18 Å². The summed E-state index contributed by atoms with van der Waals surface area (Å²) in [5.74, 6) is 3.46. The molecular formula is C49H76N4O25S. The lowest BCUT2D eigenvalue weighted by Gasteiger charge is -2.51. The Hall–Kier alpha value is -4.31. The molecule has 20 atom stereocenters. The van der Waals surface area contributed by atoms with Gasteiger partial charge in [-0.15, -0.1) is 11.8 Å². The molecular weight excluding hydrogens is 1080 g/mol. The minimum atomic E-state index is -4.66. The number of hydrogen-bond acceptors (Lipinski definition) is 25. The Morgan fingerprint density at radius 3 is 1.58 bits per heavy atom. The minimum absolute atomic E-state index is 0.0492. The Labute approximate surface area is 456 Å². The molecule has 4 amide bonds. The smallest absolute Gasteiger partial charge is 0.399 e. The molecule has 4 aliphatic heterocycles. The summed E-state index contributed by atoms with van der Waals surface area (Å²) in [7, 11) is -3.88. The van der Waals surface area contributed by atoms with Gasteiger partial charge in [-0.1, -0.05) is 32.3 Å². The van der Waals surface area contributed by atoms with E-state index in [0.29, 0.717) is 25.2 Å². The number of unbranched alkanes of at least 4 members (excludes halogenated alkanes) is 5. The SMILES string of the molecule is CCCCCCC#CCCCOc1cccc(C(=O)NC2C(OC3C(CO)OC(OC4C(CO)OC(OC5C(COS(=O)(=O)OC)OC(O)C(NC(C)=O)C5O)C(NC(C)=O)C4O)C(NC(C)=O)C3O)OC(CO)C(O)C2O)c1. The molecule has 20 unspecified atom stereocenters. The average Bonchev–Trinajstić information content (AvgIpc) is 3.41. The zero-order valence-corrected chi connectivity index (χ0v) is 45.1. The van der Waals surface area contributed by atoms with Gasteiger partial charge in [0.1, 0.15) is 103 Å². The number of hydrogen-bond donors (Lipinski definition) is 13. The monoisotopic (exact) mass is 1150 g/mol. The first-order valence-electron chi connectivity index (χ1n) is 25.8. The molecule has 1 aromatic carbocycles. The van der Waals surface area contributed by atoms with Gasteiger partial charge in [0.15, 0.2) is 25.2 Å². The van der Waals surface area contributed by atoms with Crippen molar-refractivity contribution in [3.63, 3.8) is 0 Å². The summed E-state index contributed by atoms with van der Waals surface area (Å²) in [6.07, 6.45) is -22.7. The van der Waals surface area contributed by atoms with Gasteiger partial charge in [0.2, 0.25) is 17.7 Å². The zero-order valence-electron chi connectivity index (χ0n) is 44.3. The Morgan fingerprint density at radius 2 is 1.08 bits per heavy atom. The van der Waals surface area contributed by atoms with Crippen LogP contribution in [0.1, 0.15) is 83.0 Å². The second kappa shape index (κ2) is 31.2. The van der Waals surface area contributed by atoms with Crippen LogP contribution in [-0.4, -0.2) is 241 Å². The fraction of sp³-hybridized carbons (Fsp3) is 0.755. The van der Waals surface area contributed by atoms with Gasteiger partial charge < -0.3 is 105 Å². The third-order valence-corrected chi connectivity index (χ3v) is 14.1. The van der Waals surface area contributed by atoms with Crippen LogP contribution in [0.15, 0.2) is 24.3 Å². The highest BCUT2D eigenvalue weighted by atomic mass is 32.3. The van der Waals surface area contributed by atoms with Crippen molar-refractivity contribution < 1.29 is 120 Å². The molecule has 79 heavy (non-hydrogen) atoms. The van der Waals surface area contributed by atoms with Gasteiger partial charge in [0.05, 0.1) is 40.1 Å². The fourth-order valence-electron chi connectivity index (χ4n) is 9.25. The van der Waals surface area contributed by atoms with E-state index in [1.165, 1.54) is 18.6 Å². The third kappa shape index (κ3) is 18.1. The van der Waals surface area contributed by atoms with E-state index in [2.05, 4.69) is 44.2 Å². The standard InChI is InChI=1S/C49H76N4O25S/c1-6-7-8-9-10-11-12-13-14-18-70-28-17-15-16-27(19-28)45(65)53-34-38(61)37(60)29(20-54)73-47(34)76-42-30(21-55)74-48(35(40(42)63)51-25(3)58)77-43-31(22-56)75-49(36(41(43)64)52-26(4)59)78-44-32(23-71-79(67,68)69-5)72-46(66)33(39(44)62)50-24(2)57/h15-17,19,29-44,46-49,54-56,60-64,66H,6-10,13-14,18,20-23H2,1-5H3,(H,50,57)(H,51,58)(H,52,59)(H,53,65). The summed E-state index contributed by atoms with van der Waals surface area (Å²) >= 11 is 0. The van der Waals surface area contributed by atoms with Crippen molar-refractivity contribution >= 4 is 34.0 Å². The van der Waals surface area contributed by atoms with Crippen molar-refractivity contribution in [1.29, 1.82) is 0 Å². The topological polar surface area (TPSA) is 425 Å². The van der Waals surface area contributed by atoms with Crippen LogP contribution in [0.5, 0.6) is 5.75 Å². The van der Waals surface area contributed by atoms with Crippen LogP contribution < -0.4 is 26.0 Å². The molecule has 30 heteroatoms. The van der Waals surface area contributed by atoms with E-state index in [4.69, 9.17) is 42.1 Å². The molecule has 0 aliphatic carbocycles. The largest absolute Gasteiger partial charge is 0.494 e. The molecule has 4 saturated heterocycles. The van der Waals surface area contributed by atoms with Crippen molar-refractivity contribution in [3.05, 3.63) is 29.8 Å². The van der Waals surface area contributed by atoms with Gasteiger partial charge in [-0.05, 0) is 31.0 Å². The minimum Gasteiger partial charge on any atom is -0.494 e. The molecule has 0 radical (unpaired) electrons. The van der Waals surface area contributed by atoms with E-state index in [9.17, 15) is 73.6 Å². The van der Waals surface area contributed by atoms with Crippen LogP contribution in [0.25, 0.3) is 0 Å². The van der Waals surface area contributed by atoms with E-state index in [1.54, 1.807) is 12.1 Å². The molecule has 0 bridgehead atoms. The normalized spacial score (nSPS) is 34.8. The molecule has 0 aromatic heterocycles. The molecule has 4 heterocycles. The second-order valence-corrected chi connectivity index (χ2v) is 20.6. The Balaban J connectivity index is 1.35. The molecule has 0 saturated carbocycles. The van der Waals surface area contributed by atoms with Crippen molar-refractivity contribution in [2.75, 3.05) is 40.1 Å². The van der Waals surface area contributed by atoms with Crippen LogP contribution >= 0.6 is 0 Å². The lowest BCUT2D eigenvalue weighted by atomic mass is 9.93. The van der Waals surface area contributed by atoms with E-state index in [-0.39, 0.29) is 5.56 Å². The van der Waals surface area contributed by atoms with Crippen LogP contribution in [-0.2, 0) is 66.3 Å². The summed E-state index contributed by atoms with van der Waals surface area (Å²) < 4.78 is 80.7. The number of aliphatic hydroxyl groups is 9. The highest BCUT2D eigenvalue weighted by Gasteiger charge is 2.56. The number of carbonyl (C=O) groups is 4. The van der Waals surface area contributed by atoms with Crippen LogP contribution in [0.3, 0.4) is 0 Å². The molecule has 29 nitrogen and oxygen atoms in total. The number of ether oxygens (including phenoxy) is 8. The van der Waals surface area contributed by atoms with Crippen molar-refractivity contribution in [2.24, 2.45) is 0 Å². The van der Waals surface area contributed by atoms with E-state index in [0.717, 1.165) is 53.6 Å². The number of nitrogens with one attached hydrogen (secondary N) is 4. The molecule has 5 rings (SSSR count). The lowest BCUT2D eigenvalue weighted by molar-refractivity contribution is -0.361.